The highest BCUT2D eigenvalue weighted by Gasteiger charge is 2.29. The minimum Gasteiger partial charge on any atom is -0.296 e. The highest BCUT2D eigenvalue weighted by molar-refractivity contribution is 5.82. The molecule has 18 heavy (non-hydrogen) atoms. The summed E-state index contributed by atoms with van der Waals surface area (Å²) in [6, 6.07) is 1.56. The lowest BCUT2D eigenvalue weighted by atomic mass is 10.2. The first kappa shape index (κ1) is 12.2. The van der Waals surface area contributed by atoms with Gasteiger partial charge >= 0.3 is 6.18 Å². The van der Waals surface area contributed by atoms with Crippen molar-refractivity contribution in [3.8, 4) is 11.4 Å². The van der Waals surface area contributed by atoms with Crippen LogP contribution in [-0.4, -0.2) is 32.2 Å². The van der Waals surface area contributed by atoms with Gasteiger partial charge in [-0.05, 0) is 6.07 Å². The molecule has 0 aromatic carbocycles. The summed E-state index contributed by atoms with van der Waals surface area (Å²) in [6.45, 7) is -1.26. The summed E-state index contributed by atoms with van der Waals surface area (Å²) >= 11 is 0. The normalized spacial score (nSPS) is 11.5. The molecule has 0 N–H and O–H groups in total. The van der Waals surface area contributed by atoms with Crippen molar-refractivity contribution in [1.29, 1.82) is 0 Å². The topological polar surface area (TPSA) is 60.7 Å². The van der Waals surface area contributed by atoms with Crippen molar-refractivity contribution >= 4 is 6.29 Å². The van der Waals surface area contributed by atoms with Crippen LogP contribution in [0.4, 0.5) is 13.2 Å². The first-order valence-electron chi connectivity index (χ1n) is 4.86. The average Bonchev–Trinajstić information content (AvgIpc) is 2.71. The number of carbonyl (C=O) groups excluding carboxylic acids is 1. The minimum atomic E-state index is -4.40. The molecule has 2 heterocycles. The quantitative estimate of drug-likeness (QED) is 0.784. The summed E-state index contributed by atoms with van der Waals surface area (Å²) in [5, 5.41) is 3.54. The first-order valence-corrected chi connectivity index (χ1v) is 4.86. The third-order valence-electron chi connectivity index (χ3n) is 2.05. The fourth-order valence-electron chi connectivity index (χ4n) is 1.40. The molecule has 5 nitrogen and oxygen atoms in total. The van der Waals surface area contributed by atoms with E-state index in [2.05, 4.69) is 15.1 Å². The van der Waals surface area contributed by atoms with Crippen molar-refractivity contribution < 1.29 is 18.0 Å². The monoisotopic (exact) mass is 256 g/mol. The van der Waals surface area contributed by atoms with Gasteiger partial charge in [-0.15, -0.1) is 0 Å². The predicted molar refractivity (Wildman–Crippen MR) is 54.7 cm³/mol. The number of aromatic nitrogens is 4. The summed E-state index contributed by atoms with van der Waals surface area (Å²) in [5.74, 6) is 0.160. The lowest BCUT2D eigenvalue weighted by molar-refractivity contribution is -0.142. The minimum absolute atomic E-state index is 0.120. The molecule has 8 heteroatoms. The number of rotatable bonds is 3. The number of hydrogen-bond donors (Lipinski definition) is 0. The number of hydrogen-bond acceptors (Lipinski definition) is 4. The Morgan fingerprint density at radius 3 is 2.50 bits per heavy atom. The van der Waals surface area contributed by atoms with Crippen LogP contribution in [0.15, 0.2) is 24.7 Å². The Hall–Kier alpha value is -2.25. The maximum Gasteiger partial charge on any atom is 0.408 e. The van der Waals surface area contributed by atoms with Crippen LogP contribution in [-0.2, 0) is 6.54 Å². The molecule has 0 aliphatic carbocycles. The Morgan fingerprint density at radius 2 is 1.94 bits per heavy atom. The smallest absolute Gasteiger partial charge is 0.296 e. The zero-order chi connectivity index (χ0) is 13.2. The van der Waals surface area contributed by atoms with E-state index >= 15 is 0 Å². The molecule has 0 aliphatic heterocycles. The molecule has 0 amide bonds. The van der Waals surface area contributed by atoms with Gasteiger partial charge in [0.05, 0.1) is 5.56 Å². The predicted octanol–water partition coefficient (Wildman–Crippen LogP) is 1.71. The van der Waals surface area contributed by atoms with E-state index in [1.807, 2.05) is 0 Å². The molecular weight excluding hydrogens is 249 g/mol. The molecule has 0 saturated carbocycles. The van der Waals surface area contributed by atoms with Crippen LogP contribution < -0.4 is 0 Å². The fraction of sp³-hybridized carbons (Fsp3) is 0.200. The summed E-state index contributed by atoms with van der Waals surface area (Å²) in [7, 11) is 0. The van der Waals surface area contributed by atoms with Crippen molar-refractivity contribution in [2.24, 2.45) is 0 Å². The second-order valence-electron chi connectivity index (χ2n) is 3.43. The van der Waals surface area contributed by atoms with Gasteiger partial charge in [-0.1, -0.05) is 0 Å². The summed E-state index contributed by atoms with van der Waals surface area (Å²) in [5.41, 5.74) is 0.0558. The molecule has 0 spiro atoms. The molecule has 2 aromatic heterocycles. The highest BCUT2D eigenvalue weighted by atomic mass is 19.4. The summed E-state index contributed by atoms with van der Waals surface area (Å²) < 4.78 is 37.3. The van der Waals surface area contributed by atoms with E-state index in [0.29, 0.717) is 11.0 Å². The van der Waals surface area contributed by atoms with Gasteiger partial charge in [0.2, 0.25) is 0 Å². The molecule has 0 bridgehead atoms. The molecule has 0 unspecified atom stereocenters. The van der Waals surface area contributed by atoms with Crippen LogP contribution >= 0.6 is 0 Å². The number of nitrogens with zero attached hydrogens (tertiary/aromatic N) is 4. The third kappa shape index (κ3) is 2.70. The van der Waals surface area contributed by atoms with Crippen LogP contribution in [0.2, 0.25) is 0 Å². The van der Waals surface area contributed by atoms with E-state index in [0.717, 1.165) is 6.20 Å². The van der Waals surface area contributed by atoms with E-state index in [4.69, 9.17) is 0 Å². The van der Waals surface area contributed by atoms with E-state index < -0.39 is 12.7 Å². The van der Waals surface area contributed by atoms with Crippen molar-refractivity contribution in [2.75, 3.05) is 0 Å². The molecule has 0 atom stereocenters. The zero-order valence-corrected chi connectivity index (χ0v) is 8.92. The molecule has 0 aliphatic rings. The molecule has 2 rings (SSSR count). The van der Waals surface area contributed by atoms with Crippen LogP contribution in [0, 0.1) is 0 Å². The van der Waals surface area contributed by atoms with Crippen molar-refractivity contribution in [3.63, 3.8) is 0 Å². The number of alkyl halides is 3. The van der Waals surface area contributed by atoms with Crippen molar-refractivity contribution in [2.45, 2.75) is 12.7 Å². The van der Waals surface area contributed by atoms with E-state index in [1.54, 1.807) is 6.07 Å². The van der Waals surface area contributed by atoms with Gasteiger partial charge in [0.25, 0.3) is 0 Å². The van der Waals surface area contributed by atoms with Crippen molar-refractivity contribution in [1.82, 2.24) is 19.7 Å². The van der Waals surface area contributed by atoms with Crippen molar-refractivity contribution in [3.05, 3.63) is 30.4 Å². The van der Waals surface area contributed by atoms with Gasteiger partial charge in [0.15, 0.2) is 12.1 Å². The van der Waals surface area contributed by atoms with Gasteiger partial charge < -0.3 is 0 Å². The third-order valence-corrected chi connectivity index (χ3v) is 2.05. The second-order valence-corrected chi connectivity index (χ2v) is 3.43. The fourth-order valence-corrected chi connectivity index (χ4v) is 1.40. The number of aldehydes is 1. The Morgan fingerprint density at radius 1 is 1.28 bits per heavy atom. The lowest BCUT2D eigenvalue weighted by Gasteiger charge is -2.04. The Kier molecular flexibility index (Phi) is 3.09. The average molecular weight is 256 g/mol. The van der Waals surface area contributed by atoms with Gasteiger partial charge in [0.1, 0.15) is 12.2 Å². The first-order chi connectivity index (χ1) is 8.49. The Labute approximate surface area is 99.3 Å². The SMILES string of the molecule is O=Cc1nn(CC(F)(F)F)cc1-c1ncccn1. The highest BCUT2D eigenvalue weighted by Crippen LogP contribution is 2.21. The molecule has 94 valence electrons. The summed E-state index contributed by atoms with van der Waals surface area (Å²) in [4.78, 5) is 18.5. The Balaban J connectivity index is 2.39. The second kappa shape index (κ2) is 4.55. The standard InChI is InChI=1S/C10H7F3N4O/c11-10(12,13)6-17-4-7(8(5-18)16-17)9-14-2-1-3-15-9/h1-5H,6H2. The van der Waals surface area contributed by atoms with Gasteiger partial charge in [-0.2, -0.15) is 18.3 Å². The van der Waals surface area contributed by atoms with Gasteiger partial charge in [-0.3, -0.25) is 9.48 Å². The van der Waals surface area contributed by atoms with Crippen LogP contribution in [0.5, 0.6) is 0 Å². The Bertz CT molecular complexity index is 550. The lowest BCUT2D eigenvalue weighted by Crippen LogP contribution is -2.18. The van der Waals surface area contributed by atoms with Gasteiger partial charge in [0, 0.05) is 18.6 Å². The zero-order valence-electron chi connectivity index (χ0n) is 8.92. The maximum absolute atomic E-state index is 12.2. The molecule has 2 aromatic rings. The van der Waals surface area contributed by atoms with Crippen LogP contribution in [0.1, 0.15) is 10.5 Å². The molecule has 0 fully saturated rings. The molecule has 0 saturated heterocycles. The maximum atomic E-state index is 12.2. The van der Waals surface area contributed by atoms with E-state index in [-0.39, 0.29) is 17.1 Å². The van der Waals surface area contributed by atoms with E-state index in [1.165, 1.54) is 12.4 Å². The largest absolute Gasteiger partial charge is 0.408 e. The van der Waals surface area contributed by atoms with Crippen LogP contribution in [0.25, 0.3) is 11.4 Å². The van der Waals surface area contributed by atoms with Crippen LogP contribution in [0.3, 0.4) is 0 Å². The van der Waals surface area contributed by atoms with Gasteiger partial charge in [-0.25, -0.2) is 9.97 Å². The summed E-state index contributed by atoms with van der Waals surface area (Å²) in [6.07, 6.45) is -0.0673. The molecule has 0 radical (unpaired) electrons. The number of halogens is 3. The molecular formula is C10H7F3N4O. The number of carbonyl (C=O) groups is 1. The van der Waals surface area contributed by atoms with E-state index in [9.17, 15) is 18.0 Å².